The predicted octanol–water partition coefficient (Wildman–Crippen LogP) is 19.0. The van der Waals surface area contributed by atoms with Crippen LogP contribution in [0.3, 0.4) is 0 Å². The van der Waals surface area contributed by atoms with Crippen LogP contribution in [0, 0.1) is 0 Å². The monoisotopic (exact) mass is 1200 g/mol. The Kier molecular flexibility index (Phi) is 60.4. The molecule has 11 heteroatoms. The molecule has 0 bridgehead atoms. The first-order chi connectivity index (χ1) is 41.7. The number of esters is 1. The highest BCUT2D eigenvalue weighted by Crippen LogP contribution is 2.23. The van der Waals surface area contributed by atoms with Crippen LogP contribution in [0.4, 0.5) is 0 Å². The number of ether oxygens (including phenoxy) is 3. The lowest BCUT2D eigenvalue weighted by atomic mass is 9.99. The second kappa shape index (κ2) is 63.4. The van der Waals surface area contributed by atoms with Gasteiger partial charge in [-0.15, -0.1) is 0 Å². The van der Waals surface area contributed by atoms with E-state index in [1.54, 1.807) is 6.08 Å². The van der Waals surface area contributed by atoms with Crippen molar-refractivity contribution in [2.75, 3.05) is 19.8 Å². The Balaban J connectivity index is 1.87. The number of hydrogen-bond acceptors (Lipinski definition) is 10. The zero-order valence-corrected chi connectivity index (χ0v) is 55.6. The summed E-state index contributed by atoms with van der Waals surface area (Å²) in [7, 11) is 0. The van der Waals surface area contributed by atoms with Gasteiger partial charge in [0.1, 0.15) is 24.4 Å². The van der Waals surface area contributed by atoms with Gasteiger partial charge in [0.15, 0.2) is 6.29 Å². The molecule has 0 spiro atoms. The quantitative estimate of drug-likeness (QED) is 0.0195. The van der Waals surface area contributed by atoms with E-state index < -0.39 is 49.5 Å². The van der Waals surface area contributed by atoms with Crippen molar-refractivity contribution in [2.45, 2.75) is 403 Å². The van der Waals surface area contributed by atoms with Crippen LogP contribution >= 0.6 is 0 Å². The van der Waals surface area contributed by atoms with Crippen LogP contribution < -0.4 is 5.32 Å². The maximum atomic E-state index is 13.0. The maximum Gasteiger partial charge on any atom is 0.305 e. The first-order valence-electron chi connectivity index (χ1n) is 36.8. The van der Waals surface area contributed by atoms with Gasteiger partial charge < -0.3 is 45.1 Å². The third-order valence-corrected chi connectivity index (χ3v) is 17.5. The highest BCUT2D eigenvalue weighted by atomic mass is 16.7. The molecule has 1 rings (SSSR count). The number of amides is 1. The van der Waals surface area contributed by atoms with Gasteiger partial charge in [0.2, 0.25) is 5.91 Å². The number of aliphatic hydroxyl groups is 5. The van der Waals surface area contributed by atoms with Gasteiger partial charge in [-0.25, -0.2) is 0 Å². The van der Waals surface area contributed by atoms with Crippen LogP contribution in [0.2, 0.25) is 0 Å². The fourth-order valence-corrected chi connectivity index (χ4v) is 11.7. The molecule has 0 saturated carbocycles. The molecule has 1 saturated heterocycles. The molecular formula is C74H139NO10. The zero-order chi connectivity index (χ0) is 61.6. The van der Waals surface area contributed by atoms with Gasteiger partial charge in [-0.1, -0.05) is 320 Å². The summed E-state index contributed by atoms with van der Waals surface area (Å²) in [4.78, 5) is 25.1. The Morgan fingerprint density at radius 1 is 0.435 bits per heavy atom. The summed E-state index contributed by atoms with van der Waals surface area (Å²) in [6, 6.07) is -0.805. The number of rotatable bonds is 65. The first-order valence-corrected chi connectivity index (χ1v) is 36.8. The van der Waals surface area contributed by atoms with Crippen molar-refractivity contribution in [1.82, 2.24) is 5.32 Å². The fourth-order valence-electron chi connectivity index (χ4n) is 11.7. The Hall–Kier alpha value is -2.12. The second-order valence-electron chi connectivity index (χ2n) is 25.7. The number of hydrogen-bond donors (Lipinski definition) is 6. The minimum atomic E-state index is -1.57. The Bertz CT molecular complexity index is 1510. The average molecular weight is 1200 g/mol. The van der Waals surface area contributed by atoms with Crippen molar-refractivity contribution in [3.8, 4) is 0 Å². The van der Waals surface area contributed by atoms with Crippen molar-refractivity contribution in [1.29, 1.82) is 0 Å². The number of aliphatic hydroxyl groups excluding tert-OH is 5. The van der Waals surface area contributed by atoms with E-state index in [1.807, 2.05) is 6.08 Å². The summed E-state index contributed by atoms with van der Waals surface area (Å²) in [6.07, 6.45) is 71.7. The third-order valence-electron chi connectivity index (χ3n) is 17.5. The molecule has 6 N–H and O–H groups in total. The van der Waals surface area contributed by atoms with Gasteiger partial charge in [-0.2, -0.15) is 0 Å². The van der Waals surface area contributed by atoms with E-state index in [0.29, 0.717) is 19.4 Å². The lowest BCUT2D eigenvalue weighted by Gasteiger charge is -2.40. The molecule has 0 radical (unpaired) electrons. The molecule has 0 aliphatic carbocycles. The van der Waals surface area contributed by atoms with Crippen molar-refractivity contribution >= 4 is 11.9 Å². The summed E-state index contributed by atoms with van der Waals surface area (Å²) >= 11 is 0. The SMILES string of the molecule is CCCCC/C=C\C/C=C\CCCCCCCC(=O)OCCCCCCCCCCCCCCCCCCCCCCCCCCCCCCCCCCCC(=O)NC(COC1OC(CO)C(O)C(O)C1O)C(O)/C=C/CCCCCCCCC. The Morgan fingerprint density at radius 3 is 1.21 bits per heavy atom. The third kappa shape index (κ3) is 52.4. The average Bonchev–Trinajstić information content (AvgIpc) is 3.68. The molecule has 1 aliphatic rings. The van der Waals surface area contributed by atoms with Gasteiger partial charge in [0, 0.05) is 12.8 Å². The molecule has 11 nitrogen and oxygen atoms in total. The van der Waals surface area contributed by atoms with E-state index in [4.69, 9.17) is 14.2 Å². The molecule has 0 aromatic carbocycles. The summed E-state index contributed by atoms with van der Waals surface area (Å²) in [5.74, 6) is -0.177. The van der Waals surface area contributed by atoms with Crippen LogP contribution in [-0.4, -0.2) is 100 Å². The molecule has 0 aromatic heterocycles. The van der Waals surface area contributed by atoms with E-state index in [9.17, 15) is 35.1 Å². The highest BCUT2D eigenvalue weighted by Gasteiger charge is 2.44. The van der Waals surface area contributed by atoms with E-state index >= 15 is 0 Å². The molecule has 500 valence electrons. The standard InChI is InChI=1S/C74H139NO10/c1-3-5-7-9-11-13-14-15-35-39-42-46-50-54-58-62-70(79)83-63-59-55-51-47-43-40-37-34-32-30-28-26-24-22-20-18-16-17-19-21-23-25-27-29-31-33-36-38-41-45-49-53-57-61-69(78)75-66(67(77)60-56-52-48-44-12-10-8-6-4-2)65-84-74-73(82)72(81)71(80)68(64-76)85-74/h11,13,15,35,56,60,66-68,71-74,76-77,80-82H,3-10,12,14,16-34,36-55,57-59,61-65H2,1-2H3,(H,75,78)/b13-11-,35-15-,60-56+. The van der Waals surface area contributed by atoms with Gasteiger partial charge in [-0.05, 0) is 64.2 Å². The van der Waals surface area contributed by atoms with Crippen molar-refractivity contribution < 1.29 is 49.3 Å². The first kappa shape index (κ1) is 80.9. The van der Waals surface area contributed by atoms with Crippen LogP contribution in [0.5, 0.6) is 0 Å². The number of carbonyl (C=O) groups is 2. The smallest absolute Gasteiger partial charge is 0.305 e. The molecule has 1 amide bonds. The Labute approximate surface area is 523 Å². The summed E-state index contributed by atoms with van der Waals surface area (Å²) in [5, 5.41) is 54.3. The number of allylic oxidation sites excluding steroid dienone is 5. The molecule has 85 heavy (non-hydrogen) atoms. The van der Waals surface area contributed by atoms with E-state index in [1.165, 1.54) is 270 Å². The van der Waals surface area contributed by atoms with Crippen LogP contribution in [0.25, 0.3) is 0 Å². The largest absolute Gasteiger partial charge is 0.466 e. The van der Waals surface area contributed by atoms with Crippen LogP contribution in [-0.2, 0) is 23.8 Å². The minimum Gasteiger partial charge on any atom is -0.466 e. The van der Waals surface area contributed by atoms with Crippen molar-refractivity contribution in [2.24, 2.45) is 0 Å². The Morgan fingerprint density at radius 2 is 0.788 bits per heavy atom. The van der Waals surface area contributed by atoms with E-state index in [0.717, 1.165) is 64.2 Å². The second-order valence-corrected chi connectivity index (χ2v) is 25.7. The molecule has 7 unspecified atom stereocenters. The normalized spacial score (nSPS) is 18.1. The lowest BCUT2D eigenvalue weighted by Crippen LogP contribution is -2.60. The number of unbranched alkanes of at least 4 members (excludes halogenated alkanes) is 47. The molecular weight excluding hydrogens is 1060 g/mol. The van der Waals surface area contributed by atoms with Gasteiger partial charge in [0.25, 0.3) is 0 Å². The predicted molar refractivity (Wildman–Crippen MR) is 357 cm³/mol. The van der Waals surface area contributed by atoms with Crippen LogP contribution in [0.15, 0.2) is 36.5 Å². The van der Waals surface area contributed by atoms with E-state index in [-0.39, 0.29) is 18.5 Å². The molecule has 0 aromatic rings. The lowest BCUT2D eigenvalue weighted by molar-refractivity contribution is -0.302. The van der Waals surface area contributed by atoms with Gasteiger partial charge in [0.05, 0.1) is 32.0 Å². The fraction of sp³-hybridized carbons (Fsp3) is 0.892. The van der Waals surface area contributed by atoms with Crippen molar-refractivity contribution in [3.63, 3.8) is 0 Å². The highest BCUT2D eigenvalue weighted by molar-refractivity contribution is 5.76. The summed E-state index contributed by atoms with van der Waals surface area (Å²) < 4.78 is 16.7. The van der Waals surface area contributed by atoms with Crippen molar-refractivity contribution in [3.05, 3.63) is 36.5 Å². The van der Waals surface area contributed by atoms with Gasteiger partial charge in [-0.3, -0.25) is 9.59 Å². The molecule has 1 heterocycles. The maximum absolute atomic E-state index is 13.0. The topological polar surface area (TPSA) is 175 Å². The van der Waals surface area contributed by atoms with E-state index in [2.05, 4.69) is 43.5 Å². The molecule has 1 fully saturated rings. The number of nitrogens with one attached hydrogen (secondary N) is 1. The zero-order valence-electron chi connectivity index (χ0n) is 55.6. The summed E-state index contributed by atoms with van der Waals surface area (Å²) in [5.41, 5.74) is 0. The molecule has 7 atom stereocenters. The van der Waals surface area contributed by atoms with Gasteiger partial charge >= 0.3 is 5.97 Å². The summed E-state index contributed by atoms with van der Waals surface area (Å²) in [6.45, 7) is 4.32. The number of carbonyl (C=O) groups excluding carboxylic acids is 2. The minimum absolute atomic E-state index is 0.000632. The van der Waals surface area contributed by atoms with Crippen LogP contribution in [0.1, 0.15) is 361 Å². The molecule has 1 aliphatic heterocycles.